The van der Waals surface area contributed by atoms with E-state index in [0.717, 1.165) is 48.2 Å². The Morgan fingerprint density at radius 2 is 1.61 bits per heavy atom. The summed E-state index contributed by atoms with van der Waals surface area (Å²) in [7, 11) is -2.61. The van der Waals surface area contributed by atoms with E-state index in [4.69, 9.17) is 39.5 Å². The van der Waals surface area contributed by atoms with Crippen molar-refractivity contribution in [3.63, 3.8) is 0 Å². The number of carbonyl (C=O) groups excluding carboxylic acids is 2. The lowest BCUT2D eigenvalue weighted by molar-refractivity contribution is -0.140. The number of amides is 2. The van der Waals surface area contributed by atoms with E-state index >= 15 is 0 Å². The van der Waals surface area contributed by atoms with Crippen LogP contribution in [0, 0.1) is 0 Å². The maximum absolute atomic E-state index is 14.4. The van der Waals surface area contributed by atoms with Gasteiger partial charge in [0.05, 0.1) is 19.1 Å². The molecule has 12 heteroatoms. The summed E-state index contributed by atoms with van der Waals surface area (Å²) in [4.78, 5) is 29.8. The van der Waals surface area contributed by atoms with Crippen LogP contribution < -0.4 is 14.4 Å². The third-order valence-electron chi connectivity index (χ3n) is 7.67. The summed E-state index contributed by atoms with van der Waals surface area (Å²) >= 11 is 18.9. The summed E-state index contributed by atoms with van der Waals surface area (Å²) in [6.07, 6.45) is 6.07. The molecule has 3 aromatic rings. The maximum Gasteiger partial charge on any atom is 0.244 e. The van der Waals surface area contributed by atoms with Crippen molar-refractivity contribution in [2.45, 2.75) is 57.2 Å². The number of hydrogen-bond donors (Lipinski definition) is 1. The van der Waals surface area contributed by atoms with Gasteiger partial charge in [-0.1, -0.05) is 90.5 Å². The van der Waals surface area contributed by atoms with Crippen LogP contribution in [0.3, 0.4) is 0 Å². The van der Waals surface area contributed by atoms with Crippen LogP contribution in [0.2, 0.25) is 15.1 Å². The minimum Gasteiger partial charge on any atom is -0.495 e. The van der Waals surface area contributed by atoms with Crippen LogP contribution in [0.1, 0.15) is 43.2 Å². The van der Waals surface area contributed by atoms with E-state index in [2.05, 4.69) is 5.32 Å². The average Bonchev–Trinajstić information content (AvgIpc) is 2.99. The van der Waals surface area contributed by atoms with E-state index < -0.39 is 28.5 Å². The second-order valence-electron chi connectivity index (χ2n) is 10.9. The number of nitrogens with one attached hydrogen (secondary N) is 1. The van der Waals surface area contributed by atoms with Crippen molar-refractivity contribution in [1.29, 1.82) is 0 Å². The van der Waals surface area contributed by atoms with E-state index in [0.29, 0.717) is 15.6 Å². The van der Waals surface area contributed by atoms with Crippen molar-refractivity contribution in [3.8, 4) is 5.75 Å². The number of nitrogens with zero attached hydrogens (tertiary/aromatic N) is 2. The van der Waals surface area contributed by atoms with Crippen molar-refractivity contribution in [1.82, 2.24) is 10.2 Å². The molecule has 0 spiro atoms. The van der Waals surface area contributed by atoms with Gasteiger partial charge in [-0.25, -0.2) is 8.42 Å². The SMILES string of the molecule is COc1ccc(Cl)cc1N(CC(=O)N(Cc1ccc(Cl)cc1Cl)[C@@H](Cc1ccccc1)C(=O)NC1CCCCC1)S(C)(=O)=O. The van der Waals surface area contributed by atoms with Crippen LogP contribution in [-0.2, 0) is 32.6 Å². The predicted octanol–water partition coefficient (Wildman–Crippen LogP) is 6.51. The zero-order valence-electron chi connectivity index (χ0n) is 24.6. The van der Waals surface area contributed by atoms with Gasteiger partial charge in [-0.2, -0.15) is 0 Å². The molecule has 0 aliphatic heterocycles. The van der Waals surface area contributed by atoms with Gasteiger partial charge in [0, 0.05) is 34.1 Å². The Morgan fingerprint density at radius 1 is 0.955 bits per heavy atom. The van der Waals surface area contributed by atoms with Gasteiger partial charge in [-0.05, 0) is 54.3 Å². The largest absolute Gasteiger partial charge is 0.495 e. The van der Waals surface area contributed by atoms with Gasteiger partial charge in [0.15, 0.2) is 0 Å². The average molecular weight is 681 g/mol. The van der Waals surface area contributed by atoms with Crippen molar-refractivity contribution in [2.24, 2.45) is 0 Å². The Labute approximate surface area is 274 Å². The van der Waals surface area contributed by atoms with Crippen LogP contribution in [0.4, 0.5) is 5.69 Å². The molecule has 8 nitrogen and oxygen atoms in total. The van der Waals surface area contributed by atoms with Crippen LogP contribution >= 0.6 is 34.8 Å². The summed E-state index contributed by atoms with van der Waals surface area (Å²) in [6, 6.07) is 17.8. The minimum absolute atomic E-state index is 0.00571. The second-order valence-corrected chi connectivity index (χ2v) is 14.1. The molecule has 1 saturated carbocycles. The van der Waals surface area contributed by atoms with Gasteiger partial charge >= 0.3 is 0 Å². The molecule has 3 aromatic carbocycles. The van der Waals surface area contributed by atoms with Gasteiger partial charge in [0.2, 0.25) is 21.8 Å². The van der Waals surface area contributed by atoms with E-state index in [-0.39, 0.29) is 41.4 Å². The molecule has 0 radical (unpaired) electrons. The van der Waals surface area contributed by atoms with Gasteiger partial charge < -0.3 is 15.0 Å². The molecule has 0 saturated heterocycles. The Morgan fingerprint density at radius 3 is 2.25 bits per heavy atom. The number of sulfonamides is 1. The number of rotatable bonds is 12. The minimum atomic E-state index is -4.01. The zero-order valence-corrected chi connectivity index (χ0v) is 27.7. The molecule has 1 aliphatic rings. The molecule has 0 aromatic heterocycles. The maximum atomic E-state index is 14.4. The number of halogens is 3. The lowest BCUT2D eigenvalue weighted by Gasteiger charge is -2.35. The number of benzene rings is 3. The Balaban J connectivity index is 1.78. The number of ether oxygens (including phenoxy) is 1. The smallest absolute Gasteiger partial charge is 0.244 e. The first-order chi connectivity index (χ1) is 21.0. The molecule has 0 bridgehead atoms. The number of methoxy groups -OCH3 is 1. The van der Waals surface area contributed by atoms with Gasteiger partial charge in [0.1, 0.15) is 18.3 Å². The van der Waals surface area contributed by atoms with E-state index in [9.17, 15) is 18.0 Å². The molecule has 4 rings (SSSR count). The normalized spacial score (nSPS) is 14.5. The van der Waals surface area contributed by atoms with Crippen LogP contribution in [0.25, 0.3) is 0 Å². The first-order valence-electron chi connectivity index (χ1n) is 14.3. The van der Waals surface area contributed by atoms with Gasteiger partial charge in [-0.3, -0.25) is 13.9 Å². The fraction of sp³-hybridized carbons (Fsp3) is 0.375. The zero-order chi connectivity index (χ0) is 31.9. The van der Waals surface area contributed by atoms with E-state index in [1.165, 1.54) is 24.1 Å². The highest BCUT2D eigenvalue weighted by molar-refractivity contribution is 7.92. The highest BCUT2D eigenvalue weighted by atomic mass is 35.5. The summed E-state index contributed by atoms with van der Waals surface area (Å²) in [5.41, 5.74) is 1.50. The van der Waals surface area contributed by atoms with Crippen molar-refractivity contribution in [3.05, 3.63) is 92.9 Å². The summed E-state index contributed by atoms with van der Waals surface area (Å²) in [5, 5.41) is 4.17. The highest BCUT2D eigenvalue weighted by Gasteiger charge is 2.35. The molecule has 1 atom stereocenters. The third kappa shape index (κ3) is 9.03. The molecule has 44 heavy (non-hydrogen) atoms. The fourth-order valence-corrected chi connectivity index (χ4v) is 6.86. The third-order valence-corrected chi connectivity index (χ3v) is 9.62. The molecule has 236 valence electrons. The summed E-state index contributed by atoms with van der Waals surface area (Å²) < 4.78 is 32.6. The van der Waals surface area contributed by atoms with Crippen LogP contribution in [0.15, 0.2) is 66.7 Å². The standard InChI is InChI=1S/C32H36Cl3N3O5S/c1-43-30-16-15-25(34)19-28(30)38(44(2,41)42)21-31(39)37(20-23-13-14-24(33)18-27(23)35)29(17-22-9-5-3-6-10-22)32(40)36-26-11-7-4-8-12-26/h3,5-6,9-10,13-16,18-19,26,29H,4,7-8,11-12,17,20-21H2,1-2H3,(H,36,40)/t29-/m0/s1. The molecular weight excluding hydrogens is 645 g/mol. The molecule has 0 unspecified atom stereocenters. The number of hydrogen-bond acceptors (Lipinski definition) is 5. The van der Waals surface area contributed by atoms with Crippen molar-refractivity contribution in [2.75, 3.05) is 24.2 Å². The second kappa shape index (κ2) is 15.3. The summed E-state index contributed by atoms with van der Waals surface area (Å²) in [5.74, 6) is -0.704. The quantitative estimate of drug-likeness (QED) is 0.235. The molecular formula is C32H36Cl3N3O5S. The molecule has 1 N–H and O–H groups in total. The Hall–Kier alpha value is -2.98. The number of carbonyl (C=O) groups is 2. The highest BCUT2D eigenvalue weighted by Crippen LogP contribution is 2.33. The molecule has 1 fully saturated rings. The van der Waals surface area contributed by atoms with Gasteiger partial charge in [0.25, 0.3) is 0 Å². The Kier molecular flexibility index (Phi) is 11.8. The fourth-order valence-electron chi connectivity index (χ4n) is 5.38. The number of anilines is 1. The summed E-state index contributed by atoms with van der Waals surface area (Å²) in [6.45, 7) is -0.669. The Bertz CT molecular complexity index is 1570. The van der Waals surface area contributed by atoms with Gasteiger partial charge in [-0.15, -0.1) is 0 Å². The topological polar surface area (TPSA) is 96.0 Å². The lowest BCUT2D eigenvalue weighted by atomic mass is 9.94. The lowest BCUT2D eigenvalue weighted by Crippen LogP contribution is -2.55. The van der Waals surface area contributed by atoms with Crippen molar-refractivity contribution < 1.29 is 22.7 Å². The predicted molar refractivity (Wildman–Crippen MR) is 176 cm³/mol. The first kappa shape index (κ1) is 33.9. The van der Waals surface area contributed by atoms with Crippen LogP contribution in [-0.4, -0.2) is 57.1 Å². The molecule has 0 heterocycles. The molecule has 1 aliphatic carbocycles. The monoisotopic (exact) mass is 679 g/mol. The van der Waals surface area contributed by atoms with E-state index in [1.807, 2.05) is 30.3 Å². The van der Waals surface area contributed by atoms with Crippen molar-refractivity contribution >= 4 is 62.3 Å². The first-order valence-corrected chi connectivity index (χ1v) is 17.3. The van der Waals surface area contributed by atoms with E-state index in [1.54, 1.807) is 24.3 Å². The molecule has 2 amide bonds. The van der Waals surface area contributed by atoms with Crippen LogP contribution in [0.5, 0.6) is 5.75 Å².